The van der Waals surface area contributed by atoms with Gasteiger partial charge in [0.15, 0.2) is 0 Å². The minimum absolute atomic E-state index is 0.651. The van der Waals surface area contributed by atoms with Crippen LogP contribution in [0.15, 0.2) is 16.5 Å². The molecule has 1 saturated carbocycles. The highest BCUT2D eigenvalue weighted by Crippen LogP contribution is 2.47. The lowest BCUT2D eigenvalue weighted by Gasteiger charge is -2.16. The van der Waals surface area contributed by atoms with Gasteiger partial charge >= 0.3 is 0 Å². The van der Waals surface area contributed by atoms with Crippen LogP contribution < -0.4 is 5.32 Å². The van der Waals surface area contributed by atoms with E-state index in [0.29, 0.717) is 12.0 Å². The van der Waals surface area contributed by atoms with Crippen molar-refractivity contribution < 1.29 is 4.42 Å². The van der Waals surface area contributed by atoms with E-state index < -0.39 is 0 Å². The third-order valence-electron chi connectivity index (χ3n) is 4.27. The molecule has 0 bridgehead atoms. The molecule has 2 heteroatoms. The zero-order chi connectivity index (χ0) is 13.7. The maximum atomic E-state index is 5.95. The first-order valence-electron chi connectivity index (χ1n) is 8.06. The molecule has 0 spiro atoms. The summed E-state index contributed by atoms with van der Waals surface area (Å²) in [5.41, 5.74) is 0. The number of rotatable bonds is 9. The molecule has 0 aliphatic heterocycles. The first-order chi connectivity index (χ1) is 9.24. The van der Waals surface area contributed by atoms with Crippen molar-refractivity contribution in [1.29, 1.82) is 0 Å². The number of hydrogen-bond acceptors (Lipinski definition) is 2. The summed E-state index contributed by atoms with van der Waals surface area (Å²) >= 11 is 0. The molecule has 3 unspecified atom stereocenters. The Bertz CT molecular complexity index is 371. The van der Waals surface area contributed by atoms with Crippen molar-refractivity contribution in [3.05, 3.63) is 23.7 Å². The maximum Gasteiger partial charge on any atom is 0.117 e. The van der Waals surface area contributed by atoms with Crippen molar-refractivity contribution in [2.45, 2.75) is 77.8 Å². The second-order valence-corrected chi connectivity index (χ2v) is 6.13. The molecule has 1 heterocycles. The largest absolute Gasteiger partial charge is 0.464 e. The van der Waals surface area contributed by atoms with E-state index in [4.69, 9.17) is 4.42 Å². The van der Waals surface area contributed by atoms with Crippen molar-refractivity contribution in [1.82, 2.24) is 5.32 Å². The maximum absolute atomic E-state index is 5.95. The van der Waals surface area contributed by atoms with Crippen LogP contribution in [-0.2, 0) is 6.54 Å². The lowest BCUT2D eigenvalue weighted by atomic mass is 10.1. The average molecular weight is 263 g/mol. The molecule has 0 aromatic carbocycles. The topological polar surface area (TPSA) is 25.2 Å². The highest BCUT2D eigenvalue weighted by Gasteiger charge is 2.36. The molecule has 1 fully saturated rings. The van der Waals surface area contributed by atoms with E-state index in [1.54, 1.807) is 0 Å². The first kappa shape index (κ1) is 14.6. The molecule has 1 aliphatic carbocycles. The highest BCUT2D eigenvalue weighted by molar-refractivity contribution is 5.17. The second kappa shape index (κ2) is 7.14. The van der Waals surface area contributed by atoms with E-state index >= 15 is 0 Å². The number of furan rings is 1. The minimum Gasteiger partial charge on any atom is -0.464 e. The Morgan fingerprint density at radius 2 is 2.05 bits per heavy atom. The summed E-state index contributed by atoms with van der Waals surface area (Å²) < 4.78 is 5.95. The Morgan fingerprint density at radius 1 is 1.26 bits per heavy atom. The highest BCUT2D eigenvalue weighted by atomic mass is 16.3. The summed E-state index contributed by atoms with van der Waals surface area (Å²) in [5, 5.41) is 3.66. The smallest absolute Gasteiger partial charge is 0.117 e. The van der Waals surface area contributed by atoms with Crippen LogP contribution in [-0.4, -0.2) is 6.04 Å². The van der Waals surface area contributed by atoms with Gasteiger partial charge in [-0.1, -0.05) is 40.0 Å². The summed E-state index contributed by atoms with van der Waals surface area (Å²) in [4.78, 5) is 0. The Hall–Kier alpha value is -0.760. The Morgan fingerprint density at radius 3 is 2.68 bits per heavy atom. The van der Waals surface area contributed by atoms with Gasteiger partial charge < -0.3 is 9.73 Å². The Labute approximate surface area is 118 Å². The molecule has 3 atom stereocenters. The average Bonchev–Trinajstić information content (AvgIpc) is 2.95. The molecule has 1 N–H and O–H groups in total. The molecular formula is C17H29NO. The predicted octanol–water partition coefficient (Wildman–Crippen LogP) is 4.85. The van der Waals surface area contributed by atoms with Gasteiger partial charge in [-0.05, 0) is 37.3 Å². The number of hydrogen-bond donors (Lipinski definition) is 1. The number of unbranched alkanes of at least 4 members (excludes halogenated alkanes) is 1. The fourth-order valence-electron chi connectivity index (χ4n) is 2.80. The van der Waals surface area contributed by atoms with Crippen molar-refractivity contribution in [2.75, 3.05) is 0 Å². The van der Waals surface area contributed by atoms with Crippen LogP contribution in [0.3, 0.4) is 0 Å². The van der Waals surface area contributed by atoms with Gasteiger partial charge in [0.2, 0.25) is 0 Å². The monoisotopic (exact) mass is 263 g/mol. The van der Waals surface area contributed by atoms with E-state index in [2.05, 4.69) is 38.2 Å². The molecule has 19 heavy (non-hydrogen) atoms. The molecule has 108 valence electrons. The minimum atomic E-state index is 0.651. The van der Waals surface area contributed by atoms with Crippen LogP contribution >= 0.6 is 0 Å². The van der Waals surface area contributed by atoms with Gasteiger partial charge in [-0.3, -0.25) is 0 Å². The van der Waals surface area contributed by atoms with Crippen LogP contribution in [0, 0.1) is 5.92 Å². The predicted molar refractivity (Wildman–Crippen MR) is 80.3 cm³/mol. The van der Waals surface area contributed by atoms with Crippen LogP contribution in [0.2, 0.25) is 0 Å². The Balaban J connectivity index is 1.77. The molecule has 0 saturated heterocycles. The fraction of sp³-hybridized carbons (Fsp3) is 0.765. The van der Waals surface area contributed by atoms with E-state index in [-0.39, 0.29) is 0 Å². The van der Waals surface area contributed by atoms with Gasteiger partial charge in [0.1, 0.15) is 11.5 Å². The van der Waals surface area contributed by atoms with E-state index in [9.17, 15) is 0 Å². The summed E-state index contributed by atoms with van der Waals surface area (Å²) in [6.07, 6.45) is 7.72. The quantitative estimate of drug-likeness (QED) is 0.689. The van der Waals surface area contributed by atoms with Crippen molar-refractivity contribution in [3.63, 3.8) is 0 Å². The normalized spacial score (nSPS) is 23.5. The van der Waals surface area contributed by atoms with Gasteiger partial charge in [-0.25, -0.2) is 0 Å². The lowest BCUT2D eigenvalue weighted by molar-refractivity contribution is 0.391. The van der Waals surface area contributed by atoms with Crippen LogP contribution in [0.1, 0.15) is 76.7 Å². The molecule has 0 amide bonds. The van der Waals surface area contributed by atoms with E-state index in [1.807, 2.05) is 0 Å². The summed E-state index contributed by atoms with van der Waals surface area (Å²) in [6, 6.07) is 4.97. The van der Waals surface area contributed by atoms with Gasteiger partial charge in [-0.15, -0.1) is 0 Å². The van der Waals surface area contributed by atoms with Crippen molar-refractivity contribution in [3.8, 4) is 0 Å². The molecule has 1 aromatic rings. The van der Waals surface area contributed by atoms with E-state index in [1.165, 1.54) is 44.3 Å². The molecular weight excluding hydrogens is 234 g/mol. The lowest BCUT2D eigenvalue weighted by Crippen LogP contribution is -2.28. The molecule has 1 aliphatic rings. The van der Waals surface area contributed by atoms with Crippen molar-refractivity contribution >= 4 is 0 Å². The molecule has 1 aromatic heterocycles. The molecule has 2 nitrogen and oxygen atoms in total. The van der Waals surface area contributed by atoms with Crippen LogP contribution in [0.5, 0.6) is 0 Å². The van der Waals surface area contributed by atoms with Crippen molar-refractivity contribution in [2.24, 2.45) is 5.92 Å². The SMILES string of the molecule is CCCCC(CCC)NCc1ccc(C2CC2C)o1. The van der Waals surface area contributed by atoms with Crippen LogP contribution in [0.4, 0.5) is 0 Å². The van der Waals surface area contributed by atoms with Crippen LogP contribution in [0.25, 0.3) is 0 Å². The standard InChI is InChI=1S/C17H29NO/c1-4-6-8-14(7-5-2)18-12-15-9-10-17(19-15)16-11-13(16)3/h9-10,13-14,16,18H,4-8,11-12H2,1-3H3. The molecule has 0 radical (unpaired) electrons. The first-order valence-corrected chi connectivity index (χ1v) is 8.06. The van der Waals surface area contributed by atoms with Gasteiger partial charge in [0, 0.05) is 12.0 Å². The zero-order valence-corrected chi connectivity index (χ0v) is 12.7. The Kier molecular flexibility index (Phi) is 5.50. The molecule has 2 rings (SSSR count). The third kappa shape index (κ3) is 4.38. The van der Waals surface area contributed by atoms with Gasteiger partial charge in [0.05, 0.1) is 6.54 Å². The number of nitrogens with one attached hydrogen (secondary N) is 1. The van der Waals surface area contributed by atoms with E-state index in [0.717, 1.165) is 18.2 Å². The summed E-state index contributed by atoms with van der Waals surface area (Å²) in [7, 11) is 0. The van der Waals surface area contributed by atoms with Gasteiger partial charge in [-0.2, -0.15) is 0 Å². The second-order valence-electron chi connectivity index (χ2n) is 6.13. The third-order valence-corrected chi connectivity index (χ3v) is 4.27. The fourth-order valence-corrected chi connectivity index (χ4v) is 2.80. The zero-order valence-electron chi connectivity index (χ0n) is 12.7. The van der Waals surface area contributed by atoms with Gasteiger partial charge in [0.25, 0.3) is 0 Å². The summed E-state index contributed by atoms with van der Waals surface area (Å²) in [6.45, 7) is 7.71. The summed E-state index contributed by atoms with van der Waals surface area (Å²) in [5.74, 6) is 3.82.